The van der Waals surface area contributed by atoms with E-state index in [1.807, 2.05) is 36.4 Å². The lowest BCUT2D eigenvalue weighted by molar-refractivity contribution is -0.119. The van der Waals surface area contributed by atoms with Crippen LogP contribution in [0.15, 0.2) is 61.1 Å². The number of methoxy groups -OCH3 is 2. The Kier molecular flexibility index (Phi) is 7.14. The molecule has 0 saturated carbocycles. The van der Waals surface area contributed by atoms with Crippen molar-refractivity contribution in [2.75, 3.05) is 31.0 Å². The third kappa shape index (κ3) is 4.76. The second-order valence-corrected chi connectivity index (χ2v) is 8.73. The molecule has 178 valence electrons. The largest absolute Gasteiger partial charge is 0.495 e. The molecule has 34 heavy (non-hydrogen) atoms. The summed E-state index contributed by atoms with van der Waals surface area (Å²) < 4.78 is 12.6. The van der Waals surface area contributed by atoms with Crippen molar-refractivity contribution in [1.29, 1.82) is 0 Å². The van der Waals surface area contributed by atoms with Crippen LogP contribution in [0.3, 0.4) is 0 Å². The van der Waals surface area contributed by atoms with E-state index in [9.17, 15) is 4.79 Å². The highest BCUT2D eigenvalue weighted by molar-refractivity contribution is 7.80. The Hall–Kier alpha value is -3.43. The number of rotatable bonds is 8. The topological polar surface area (TPSA) is 80.7 Å². The van der Waals surface area contributed by atoms with Crippen LogP contribution in [-0.2, 0) is 9.53 Å². The summed E-state index contributed by atoms with van der Waals surface area (Å²) in [7, 11) is 3.05. The first-order valence-electron chi connectivity index (χ1n) is 11.1. The lowest BCUT2D eigenvalue weighted by atomic mass is 9.98. The van der Waals surface area contributed by atoms with Gasteiger partial charge in [-0.3, -0.25) is 9.78 Å². The smallest absolute Gasteiger partial charge is 0.250 e. The zero-order valence-electron chi connectivity index (χ0n) is 19.7. The number of anilines is 2. The van der Waals surface area contributed by atoms with Crippen molar-refractivity contribution in [2.24, 2.45) is 0 Å². The van der Waals surface area contributed by atoms with Crippen LogP contribution in [-0.4, -0.2) is 41.4 Å². The molecule has 9 heteroatoms. The van der Waals surface area contributed by atoms with Gasteiger partial charge in [0.1, 0.15) is 12.4 Å². The zero-order chi connectivity index (χ0) is 24.2. The predicted molar refractivity (Wildman–Crippen MR) is 136 cm³/mol. The molecular weight excluding hydrogens is 450 g/mol. The van der Waals surface area contributed by atoms with Gasteiger partial charge in [-0.2, -0.15) is 0 Å². The van der Waals surface area contributed by atoms with Gasteiger partial charge in [0.05, 0.1) is 30.6 Å². The SMILES string of the molecule is COCC(=O)Nc1cc(N2C(=S)N[C@@H](c3ccccn3)[C@@H]2c2ccn(C(C)C)c2)ccc1OC. The standard InChI is InChI=1S/C25H29N5O3S/c1-16(2)29-12-10-17(14-29)24-23(19-7-5-6-11-26-19)28-25(34)30(24)18-8-9-21(33-4)20(13-18)27-22(31)15-32-3/h5-14,16,23-24H,15H2,1-4H3,(H,27,31)(H,28,34)/t23-,24-/m0/s1. The maximum Gasteiger partial charge on any atom is 0.250 e. The van der Waals surface area contributed by atoms with Crippen LogP contribution in [0.5, 0.6) is 5.75 Å². The Balaban J connectivity index is 1.78. The first kappa shape index (κ1) is 23.7. The van der Waals surface area contributed by atoms with Crippen LogP contribution in [0.4, 0.5) is 11.4 Å². The summed E-state index contributed by atoms with van der Waals surface area (Å²) in [6.45, 7) is 4.24. The van der Waals surface area contributed by atoms with Crippen molar-refractivity contribution in [1.82, 2.24) is 14.9 Å². The summed E-state index contributed by atoms with van der Waals surface area (Å²) >= 11 is 5.81. The molecule has 0 spiro atoms. The Bertz CT molecular complexity index is 1160. The molecule has 1 amide bonds. The second kappa shape index (κ2) is 10.2. The lowest BCUT2D eigenvalue weighted by Gasteiger charge is -2.28. The van der Waals surface area contributed by atoms with E-state index < -0.39 is 0 Å². The monoisotopic (exact) mass is 479 g/mol. The van der Waals surface area contributed by atoms with E-state index in [1.54, 1.807) is 13.3 Å². The van der Waals surface area contributed by atoms with Crippen LogP contribution in [0.25, 0.3) is 0 Å². The van der Waals surface area contributed by atoms with Crippen molar-refractivity contribution >= 4 is 34.6 Å². The van der Waals surface area contributed by atoms with E-state index in [0.29, 0.717) is 22.6 Å². The number of nitrogens with one attached hydrogen (secondary N) is 2. The van der Waals surface area contributed by atoms with E-state index in [-0.39, 0.29) is 24.6 Å². The number of nitrogens with zero attached hydrogens (tertiary/aromatic N) is 3. The van der Waals surface area contributed by atoms with Crippen molar-refractivity contribution in [3.63, 3.8) is 0 Å². The Morgan fingerprint density at radius 3 is 2.71 bits per heavy atom. The van der Waals surface area contributed by atoms with Crippen molar-refractivity contribution in [2.45, 2.75) is 32.0 Å². The molecule has 1 aliphatic rings. The molecule has 1 saturated heterocycles. The number of aromatic nitrogens is 2. The molecule has 4 rings (SSSR count). The van der Waals surface area contributed by atoms with Gasteiger partial charge in [0.25, 0.3) is 0 Å². The van der Waals surface area contributed by atoms with Crippen LogP contribution in [0.2, 0.25) is 0 Å². The number of benzene rings is 1. The number of ether oxygens (including phenoxy) is 2. The normalized spacial score (nSPS) is 17.7. The molecule has 3 heterocycles. The molecule has 2 atom stereocenters. The lowest BCUT2D eigenvalue weighted by Crippen LogP contribution is -2.29. The van der Waals surface area contributed by atoms with Crippen LogP contribution < -0.4 is 20.3 Å². The maximum absolute atomic E-state index is 12.2. The second-order valence-electron chi connectivity index (χ2n) is 8.35. The number of hydrogen-bond acceptors (Lipinski definition) is 5. The molecule has 2 N–H and O–H groups in total. The number of pyridine rings is 1. The summed E-state index contributed by atoms with van der Waals surface area (Å²) in [5.41, 5.74) is 3.38. The summed E-state index contributed by atoms with van der Waals surface area (Å²) in [5, 5.41) is 6.90. The average Bonchev–Trinajstić information content (AvgIpc) is 3.44. The molecule has 0 radical (unpaired) electrons. The molecule has 3 aromatic rings. The fourth-order valence-electron chi connectivity index (χ4n) is 4.16. The molecule has 0 aliphatic carbocycles. The van der Waals surface area contributed by atoms with Crippen LogP contribution >= 0.6 is 12.2 Å². The molecule has 0 unspecified atom stereocenters. The van der Waals surface area contributed by atoms with Crippen LogP contribution in [0.1, 0.15) is 43.2 Å². The van der Waals surface area contributed by atoms with Gasteiger partial charge in [-0.15, -0.1) is 0 Å². The van der Waals surface area contributed by atoms with Gasteiger partial charge < -0.3 is 29.6 Å². The molecule has 1 fully saturated rings. The van der Waals surface area contributed by atoms with Gasteiger partial charge in [-0.1, -0.05) is 6.07 Å². The van der Waals surface area contributed by atoms with Gasteiger partial charge in [0.15, 0.2) is 5.11 Å². The minimum absolute atomic E-state index is 0.0514. The number of thiocarbonyl (C=S) groups is 1. The van der Waals surface area contributed by atoms with E-state index in [4.69, 9.17) is 21.7 Å². The van der Waals surface area contributed by atoms with Gasteiger partial charge in [-0.05, 0) is 68.0 Å². The van der Waals surface area contributed by atoms with Gasteiger partial charge in [0.2, 0.25) is 5.91 Å². The van der Waals surface area contributed by atoms with E-state index in [0.717, 1.165) is 16.9 Å². The average molecular weight is 480 g/mol. The predicted octanol–water partition coefficient (Wildman–Crippen LogP) is 4.23. The van der Waals surface area contributed by atoms with Crippen molar-refractivity contribution < 1.29 is 14.3 Å². The van der Waals surface area contributed by atoms with Crippen LogP contribution in [0, 0.1) is 0 Å². The summed E-state index contributed by atoms with van der Waals surface area (Å²) in [6, 6.07) is 13.7. The highest BCUT2D eigenvalue weighted by atomic mass is 32.1. The third-order valence-corrected chi connectivity index (χ3v) is 6.10. The Morgan fingerprint density at radius 1 is 1.24 bits per heavy atom. The van der Waals surface area contributed by atoms with E-state index in [2.05, 4.69) is 57.4 Å². The quantitative estimate of drug-likeness (QED) is 0.468. The molecule has 2 aromatic heterocycles. The Labute approximate surface area is 204 Å². The van der Waals surface area contributed by atoms with Gasteiger partial charge in [0, 0.05) is 37.4 Å². The summed E-state index contributed by atoms with van der Waals surface area (Å²) in [4.78, 5) is 18.9. The zero-order valence-corrected chi connectivity index (χ0v) is 20.5. The molecule has 8 nitrogen and oxygen atoms in total. The highest BCUT2D eigenvalue weighted by Crippen LogP contribution is 2.43. The Morgan fingerprint density at radius 2 is 2.06 bits per heavy atom. The molecule has 1 aliphatic heterocycles. The van der Waals surface area contributed by atoms with E-state index in [1.165, 1.54) is 7.11 Å². The minimum atomic E-state index is -0.267. The maximum atomic E-state index is 12.2. The number of amides is 1. The summed E-state index contributed by atoms with van der Waals surface area (Å²) in [6.07, 6.45) is 6.02. The molecule has 0 bridgehead atoms. The van der Waals surface area contributed by atoms with Crippen molar-refractivity contribution in [3.05, 3.63) is 72.3 Å². The number of hydrogen-bond donors (Lipinski definition) is 2. The van der Waals surface area contributed by atoms with E-state index >= 15 is 0 Å². The number of carbonyl (C=O) groups excluding carboxylic acids is 1. The van der Waals surface area contributed by atoms with Gasteiger partial charge in [-0.25, -0.2) is 0 Å². The fraction of sp³-hybridized carbons (Fsp3) is 0.320. The fourth-order valence-corrected chi connectivity index (χ4v) is 4.51. The summed E-state index contributed by atoms with van der Waals surface area (Å²) in [5.74, 6) is 0.284. The first-order chi connectivity index (χ1) is 16.4. The van der Waals surface area contributed by atoms with Crippen molar-refractivity contribution in [3.8, 4) is 5.75 Å². The minimum Gasteiger partial charge on any atom is -0.495 e. The number of carbonyl (C=O) groups is 1. The first-order valence-corrected chi connectivity index (χ1v) is 11.5. The molecule has 1 aromatic carbocycles. The highest BCUT2D eigenvalue weighted by Gasteiger charge is 2.41. The molecular formula is C25H29N5O3S. The third-order valence-electron chi connectivity index (χ3n) is 5.78. The van der Waals surface area contributed by atoms with Gasteiger partial charge >= 0.3 is 0 Å².